The van der Waals surface area contributed by atoms with Crippen molar-refractivity contribution in [2.75, 3.05) is 46.4 Å². The molecule has 0 aromatic heterocycles. The number of nitrogens with one attached hydrogen (secondary N) is 2. The van der Waals surface area contributed by atoms with E-state index in [2.05, 4.69) is 51.7 Å². The minimum Gasteiger partial charge on any atom is -0.492 e. The first-order chi connectivity index (χ1) is 16.0. The fourth-order valence-corrected chi connectivity index (χ4v) is 5.60. The average Bonchev–Trinajstić information content (AvgIpc) is 3.08. The summed E-state index contributed by atoms with van der Waals surface area (Å²) in [5, 5.41) is 6.24. The number of rotatable bonds is 8. The number of fused-ring (bicyclic) bond motifs is 1. The Labute approximate surface area is 196 Å². The molecule has 33 heavy (non-hydrogen) atoms. The molecule has 0 bridgehead atoms. The van der Waals surface area contributed by atoms with Crippen molar-refractivity contribution >= 4 is 11.8 Å². The zero-order valence-electron chi connectivity index (χ0n) is 19.5. The summed E-state index contributed by atoms with van der Waals surface area (Å²) in [5.41, 5.74) is 0.914. The monoisotopic (exact) mass is 450 g/mol. The number of likely N-dealkylation sites (N-methyl/N-ethyl adjacent to an activating group) is 1. The lowest BCUT2D eigenvalue weighted by Gasteiger charge is -2.45. The van der Waals surface area contributed by atoms with Crippen LogP contribution in [-0.2, 0) is 9.59 Å². The number of amides is 2. The lowest BCUT2D eigenvalue weighted by Crippen LogP contribution is -2.64. The number of ether oxygens (including phenoxy) is 1. The van der Waals surface area contributed by atoms with Gasteiger partial charge < -0.3 is 15.4 Å². The van der Waals surface area contributed by atoms with Crippen LogP contribution in [0.15, 0.2) is 60.7 Å². The van der Waals surface area contributed by atoms with E-state index in [1.165, 1.54) is 5.56 Å². The van der Waals surface area contributed by atoms with Crippen LogP contribution >= 0.6 is 0 Å². The Balaban J connectivity index is 1.35. The van der Waals surface area contributed by atoms with E-state index in [0.717, 1.165) is 25.3 Å². The Morgan fingerprint density at radius 3 is 2.45 bits per heavy atom. The summed E-state index contributed by atoms with van der Waals surface area (Å²) < 4.78 is 5.65. The molecule has 2 N–H and O–H groups in total. The highest BCUT2D eigenvalue weighted by atomic mass is 16.5. The molecule has 3 atom stereocenters. The Morgan fingerprint density at radius 2 is 1.76 bits per heavy atom. The number of carbonyl (C=O) groups excluding carboxylic acids is 2. The molecule has 176 valence electrons. The Hall–Kier alpha value is -2.90. The van der Waals surface area contributed by atoms with Crippen molar-refractivity contribution < 1.29 is 14.3 Å². The van der Waals surface area contributed by atoms with Gasteiger partial charge in [-0.1, -0.05) is 48.5 Å². The molecule has 0 saturated carbocycles. The lowest BCUT2D eigenvalue weighted by atomic mass is 9.75. The number of benzene rings is 2. The molecule has 7 heteroatoms. The standard InChI is InChI=1S/C26H34N4O3/c1-20(31)28-26-18-29(2)25(21-9-5-3-6-10-21)23(26)13-15-30(19-26)17-24(32)27-14-16-33-22-11-7-4-8-12-22/h3-12,23,25H,13-19H2,1-2H3,(H,27,32)(H,28,31)/t23-,25-,26+/m1/s1. The van der Waals surface area contributed by atoms with Crippen LogP contribution in [-0.4, -0.2) is 73.5 Å². The maximum Gasteiger partial charge on any atom is 0.234 e. The molecule has 0 unspecified atom stereocenters. The number of nitrogens with zero attached hydrogens (tertiary/aromatic N) is 2. The largest absolute Gasteiger partial charge is 0.492 e. The van der Waals surface area contributed by atoms with Crippen molar-refractivity contribution in [2.24, 2.45) is 5.92 Å². The third kappa shape index (κ3) is 5.54. The predicted octanol–water partition coefficient (Wildman–Crippen LogP) is 2.07. The van der Waals surface area contributed by atoms with Crippen LogP contribution in [0.1, 0.15) is 24.9 Å². The van der Waals surface area contributed by atoms with E-state index in [4.69, 9.17) is 4.74 Å². The molecule has 4 rings (SSSR count). The van der Waals surface area contributed by atoms with E-state index in [1.807, 2.05) is 36.4 Å². The molecule has 2 heterocycles. The highest BCUT2D eigenvalue weighted by Gasteiger charge is 2.54. The van der Waals surface area contributed by atoms with Gasteiger partial charge in [0.1, 0.15) is 12.4 Å². The third-order valence-corrected chi connectivity index (χ3v) is 6.73. The van der Waals surface area contributed by atoms with Gasteiger partial charge in [0.2, 0.25) is 11.8 Å². The van der Waals surface area contributed by atoms with Crippen LogP contribution in [0.5, 0.6) is 5.75 Å². The summed E-state index contributed by atoms with van der Waals surface area (Å²) in [4.78, 5) is 29.3. The van der Waals surface area contributed by atoms with Crippen molar-refractivity contribution in [3.05, 3.63) is 66.2 Å². The number of para-hydroxylation sites is 1. The second kappa shape index (κ2) is 10.4. The summed E-state index contributed by atoms with van der Waals surface area (Å²) >= 11 is 0. The first-order valence-electron chi connectivity index (χ1n) is 11.7. The molecule has 2 fully saturated rings. The van der Waals surface area contributed by atoms with Crippen molar-refractivity contribution in [3.8, 4) is 5.75 Å². The molecule has 2 aliphatic heterocycles. The van der Waals surface area contributed by atoms with Gasteiger partial charge in [-0.2, -0.15) is 0 Å². The number of hydrogen-bond donors (Lipinski definition) is 2. The molecule has 2 aromatic rings. The number of carbonyl (C=O) groups is 2. The lowest BCUT2D eigenvalue weighted by molar-refractivity contribution is -0.124. The minimum absolute atomic E-state index is 0.0194. The highest BCUT2D eigenvalue weighted by Crippen LogP contribution is 2.46. The van der Waals surface area contributed by atoms with E-state index in [0.29, 0.717) is 32.2 Å². The van der Waals surface area contributed by atoms with E-state index in [-0.39, 0.29) is 23.4 Å². The van der Waals surface area contributed by atoms with Crippen LogP contribution in [0.2, 0.25) is 0 Å². The van der Waals surface area contributed by atoms with Gasteiger partial charge in [0.15, 0.2) is 0 Å². The van der Waals surface area contributed by atoms with E-state index >= 15 is 0 Å². The minimum atomic E-state index is -0.365. The molecular formula is C26H34N4O3. The summed E-state index contributed by atoms with van der Waals surface area (Å²) in [5.74, 6) is 1.05. The van der Waals surface area contributed by atoms with E-state index in [1.54, 1.807) is 6.92 Å². The van der Waals surface area contributed by atoms with Crippen molar-refractivity contribution in [2.45, 2.75) is 24.9 Å². The summed E-state index contributed by atoms with van der Waals surface area (Å²) in [7, 11) is 2.13. The molecule has 2 aromatic carbocycles. The molecule has 0 aliphatic carbocycles. The van der Waals surface area contributed by atoms with Gasteiger partial charge in [-0.15, -0.1) is 0 Å². The van der Waals surface area contributed by atoms with E-state index < -0.39 is 0 Å². The van der Waals surface area contributed by atoms with Gasteiger partial charge in [-0.25, -0.2) is 0 Å². The van der Waals surface area contributed by atoms with Crippen LogP contribution < -0.4 is 15.4 Å². The Bertz CT molecular complexity index is 939. The van der Waals surface area contributed by atoms with Crippen molar-refractivity contribution in [3.63, 3.8) is 0 Å². The van der Waals surface area contributed by atoms with Gasteiger partial charge in [-0.05, 0) is 37.7 Å². The first-order valence-corrected chi connectivity index (χ1v) is 11.7. The van der Waals surface area contributed by atoms with Crippen LogP contribution in [0.25, 0.3) is 0 Å². The number of piperidine rings is 1. The molecule has 2 saturated heterocycles. The van der Waals surface area contributed by atoms with Crippen LogP contribution in [0.3, 0.4) is 0 Å². The first kappa shape index (κ1) is 23.3. The molecule has 2 aliphatic rings. The summed E-state index contributed by atoms with van der Waals surface area (Å²) in [6, 6.07) is 20.3. The zero-order chi connectivity index (χ0) is 23.3. The number of likely N-dealkylation sites (tertiary alicyclic amines) is 2. The molecular weight excluding hydrogens is 416 g/mol. The zero-order valence-corrected chi connectivity index (χ0v) is 19.5. The quantitative estimate of drug-likeness (QED) is 0.603. The summed E-state index contributed by atoms with van der Waals surface area (Å²) in [6.45, 7) is 5.05. The fraction of sp³-hybridized carbons (Fsp3) is 0.462. The SMILES string of the molecule is CC(=O)N[C@@]12CN(CC(=O)NCCOc3ccccc3)CC[C@@H]1[C@@H](c1ccccc1)N(C)C2. The smallest absolute Gasteiger partial charge is 0.234 e. The van der Waals surface area contributed by atoms with Gasteiger partial charge in [-0.3, -0.25) is 19.4 Å². The molecule has 0 radical (unpaired) electrons. The molecule has 7 nitrogen and oxygen atoms in total. The summed E-state index contributed by atoms with van der Waals surface area (Å²) in [6.07, 6.45) is 0.925. The maximum atomic E-state index is 12.6. The molecule has 2 amide bonds. The number of hydrogen-bond acceptors (Lipinski definition) is 5. The fourth-order valence-electron chi connectivity index (χ4n) is 5.60. The van der Waals surface area contributed by atoms with Crippen LogP contribution in [0, 0.1) is 5.92 Å². The normalized spacial score (nSPS) is 25.3. The second-order valence-electron chi connectivity index (χ2n) is 9.23. The Morgan fingerprint density at radius 1 is 1.06 bits per heavy atom. The van der Waals surface area contributed by atoms with Crippen molar-refractivity contribution in [1.82, 2.24) is 20.4 Å². The van der Waals surface area contributed by atoms with Gasteiger partial charge in [0.05, 0.1) is 18.6 Å². The van der Waals surface area contributed by atoms with Gasteiger partial charge in [0.25, 0.3) is 0 Å². The van der Waals surface area contributed by atoms with Crippen LogP contribution in [0.4, 0.5) is 0 Å². The second-order valence-corrected chi connectivity index (χ2v) is 9.23. The Kier molecular flexibility index (Phi) is 7.30. The van der Waals surface area contributed by atoms with Gasteiger partial charge in [0, 0.05) is 32.0 Å². The third-order valence-electron chi connectivity index (χ3n) is 6.73. The predicted molar refractivity (Wildman–Crippen MR) is 128 cm³/mol. The van der Waals surface area contributed by atoms with E-state index in [9.17, 15) is 9.59 Å². The van der Waals surface area contributed by atoms with Crippen molar-refractivity contribution in [1.29, 1.82) is 0 Å². The molecule has 0 spiro atoms. The van der Waals surface area contributed by atoms with Gasteiger partial charge >= 0.3 is 0 Å². The highest BCUT2D eigenvalue weighted by molar-refractivity contribution is 5.78. The topological polar surface area (TPSA) is 73.9 Å². The maximum absolute atomic E-state index is 12.6. The average molecular weight is 451 g/mol.